The second kappa shape index (κ2) is 7.98. The van der Waals surface area contributed by atoms with Crippen molar-refractivity contribution in [3.8, 4) is 0 Å². The molecule has 2 aliphatic rings. The van der Waals surface area contributed by atoms with E-state index in [0.717, 1.165) is 56.8 Å². The molecule has 6 heteroatoms. The molecule has 148 valence electrons. The summed E-state index contributed by atoms with van der Waals surface area (Å²) in [5, 5.41) is 0. The van der Waals surface area contributed by atoms with Crippen molar-refractivity contribution in [1.82, 2.24) is 19.3 Å². The summed E-state index contributed by atoms with van der Waals surface area (Å²) in [6.07, 6.45) is 6.23. The number of carbonyl (C=O) groups excluding carboxylic acids is 2. The van der Waals surface area contributed by atoms with Crippen LogP contribution in [0.1, 0.15) is 42.2 Å². The molecule has 0 radical (unpaired) electrons. The lowest BCUT2D eigenvalue weighted by Gasteiger charge is -2.49. The molecular weight excluding hydrogens is 340 g/mol. The molecular formula is C21H32N4O2. The zero-order valence-corrected chi connectivity index (χ0v) is 16.9. The summed E-state index contributed by atoms with van der Waals surface area (Å²) in [7, 11) is 4.20. The van der Waals surface area contributed by atoms with Crippen molar-refractivity contribution < 1.29 is 9.59 Å². The van der Waals surface area contributed by atoms with Crippen molar-refractivity contribution in [2.24, 2.45) is 7.05 Å². The van der Waals surface area contributed by atoms with Crippen molar-refractivity contribution in [3.05, 3.63) is 36.2 Å². The molecule has 3 rings (SSSR count). The molecule has 0 bridgehead atoms. The normalized spacial score (nSPS) is 25.0. The number of hydrogen-bond donors (Lipinski definition) is 0. The molecule has 2 saturated heterocycles. The molecule has 1 atom stereocenters. The smallest absolute Gasteiger partial charge is 0.222 e. The van der Waals surface area contributed by atoms with E-state index in [1.807, 2.05) is 30.3 Å². The maximum atomic E-state index is 12.4. The summed E-state index contributed by atoms with van der Waals surface area (Å²) in [6, 6.07) is 2.01. The summed E-state index contributed by atoms with van der Waals surface area (Å²) in [4.78, 5) is 31.0. The molecule has 0 aliphatic carbocycles. The van der Waals surface area contributed by atoms with Gasteiger partial charge in [0.2, 0.25) is 5.91 Å². The number of Topliss-reactive ketones (excluding diaryl/α,β-unsaturated/α-hetero) is 1. The van der Waals surface area contributed by atoms with Gasteiger partial charge in [0.15, 0.2) is 5.78 Å². The van der Waals surface area contributed by atoms with Crippen molar-refractivity contribution in [2.75, 3.05) is 39.8 Å². The summed E-state index contributed by atoms with van der Waals surface area (Å²) < 4.78 is 2.06. The maximum Gasteiger partial charge on any atom is 0.222 e. The number of nitrogens with zero attached hydrogens (tertiary/aromatic N) is 4. The Morgan fingerprint density at radius 3 is 2.70 bits per heavy atom. The van der Waals surface area contributed by atoms with Gasteiger partial charge in [0.05, 0.1) is 0 Å². The Balaban J connectivity index is 1.73. The Morgan fingerprint density at radius 2 is 2.04 bits per heavy atom. The minimum Gasteiger partial charge on any atom is -0.353 e. The van der Waals surface area contributed by atoms with E-state index in [-0.39, 0.29) is 17.2 Å². The quantitative estimate of drug-likeness (QED) is 0.585. The highest BCUT2D eigenvalue weighted by Gasteiger charge is 2.42. The number of piperazine rings is 1. The van der Waals surface area contributed by atoms with Crippen LogP contribution in [0.25, 0.3) is 0 Å². The van der Waals surface area contributed by atoms with E-state index in [0.29, 0.717) is 13.0 Å². The van der Waals surface area contributed by atoms with Crippen LogP contribution in [0.4, 0.5) is 0 Å². The Labute approximate surface area is 162 Å². The third kappa shape index (κ3) is 4.17. The molecule has 3 heterocycles. The molecule has 0 saturated carbocycles. The van der Waals surface area contributed by atoms with Crippen molar-refractivity contribution >= 4 is 11.7 Å². The van der Waals surface area contributed by atoms with Crippen LogP contribution < -0.4 is 0 Å². The molecule has 1 aromatic heterocycles. The van der Waals surface area contributed by atoms with Gasteiger partial charge in [0.1, 0.15) is 0 Å². The van der Waals surface area contributed by atoms with Gasteiger partial charge in [-0.2, -0.15) is 0 Å². The maximum absolute atomic E-state index is 12.4. The monoisotopic (exact) mass is 372 g/mol. The number of aryl methyl sites for hydroxylation is 1. The van der Waals surface area contributed by atoms with Gasteiger partial charge in [-0.25, -0.2) is 0 Å². The molecule has 2 fully saturated rings. The van der Waals surface area contributed by atoms with Gasteiger partial charge in [-0.3, -0.25) is 19.4 Å². The van der Waals surface area contributed by atoms with Crippen LogP contribution in [-0.2, 0) is 18.4 Å². The second-order valence-electron chi connectivity index (χ2n) is 8.12. The van der Waals surface area contributed by atoms with Crippen LogP contribution in [0.5, 0.6) is 0 Å². The lowest BCUT2D eigenvalue weighted by Crippen LogP contribution is -2.60. The fraction of sp³-hybridized carbons (Fsp3) is 0.619. The first-order chi connectivity index (χ1) is 12.8. The third-order valence-corrected chi connectivity index (χ3v) is 6.33. The number of aromatic nitrogens is 1. The van der Waals surface area contributed by atoms with Crippen LogP contribution in [0.15, 0.2) is 24.9 Å². The molecule has 0 unspecified atom stereocenters. The third-order valence-electron chi connectivity index (χ3n) is 6.33. The molecule has 0 aromatic carbocycles. The highest BCUT2D eigenvalue weighted by atomic mass is 16.2. The summed E-state index contributed by atoms with van der Waals surface area (Å²) in [6.45, 7) is 10.6. The van der Waals surface area contributed by atoms with Gasteiger partial charge in [0, 0.05) is 75.7 Å². The summed E-state index contributed by atoms with van der Waals surface area (Å²) in [5.74, 6) is 0.349. The fourth-order valence-corrected chi connectivity index (χ4v) is 4.45. The molecule has 0 N–H and O–H groups in total. The molecule has 1 amide bonds. The summed E-state index contributed by atoms with van der Waals surface area (Å²) in [5.41, 5.74) is 1.98. The first kappa shape index (κ1) is 19.8. The van der Waals surface area contributed by atoms with Crippen LogP contribution in [0, 0.1) is 0 Å². The zero-order chi connectivity index (χ0) is 19.6. The molecule has 1 aromatic rings. The van der Waals surface area contributed by atoms with Crippen molar-refractivity contribution in [2.45, 2.75) is 38.3 Å². The van der Waals surface area contributed by atoms with E-state index in [1.165, 1.54) is 0 Å². The van der Waals surface area contributed by atoms with Gasteiger partial charge < -0.3 is 9.47 Å². The van der Waals surface area contributed by atoms with Crippen LogP contribution in [-0.4, -0.2) is 76.3 Å². The minimum absolute atomic E-state index is 0.0401. The van der Waals surface area contributed by atoms with Crippen LogP contribution in [0.2, 0.25) is 0 Å². The predicted octanol–water partition coefficient (Wildman–Crippen LogP) is 1.91. The number of ketones is 1. The minimum atomic E-state index is 0.0401. The second-order valence-corrected chi connectivity index (χ2v) is 8.12. The lowest BCUT2D eigenvalue weighted by molar-refractivity contribution is -0.130. The van der Waals surface area contributed by atoms with Crippen LogP contribution >= 0.6 is 0 Å². The van der Waals surface area contributed by atoms with Crippen LogP contribution in [0.3, 0.4) is 0 Å². The van der Waals surface area contributed by atoms with Gasteiger partial charge in [-0.05, 0) is 32.9 Å². The molecule has 27 heavy (non-hydrogen) atoms. The van der Waals surface area contributed by atoms with Gasteiger partial charge in [-0.1, -0.05) is 6.08 Å². The average molecular weight is 373 g/mol. The molecule has 6 nitrogen and oxygen atoms in total. The van der Waals surface area contributed by atoms with Crippen molar-refractivity contribution in [1.29, 1.82) is 0 Å². The summed E-state index contributed by atoms with van der Waals surface area (Å²) >= 11 is 0. The Kier molecular flexibility index (Phi) is 5.86. The van der Waals surface area contributed by atoms with Crippen molar-refractivity contribution in [3.63, 3.8) is 0 Å². The first-order valence-electron chi connectivity index (χ1n) is 9.83. The fourth-order valence-electron chi connectivity index (χ4n) is 4.45. The molecule has 1 spiro atoms. The van der Waals surface area contributed by atoms with E-state index in [2.05, 4.69) is 28.0 Å². The average Bonchev–Trinajstić information content (AvgIpc) is 2.92. The number of carbonyl (C=O) groups is 2. The van der Waals surface area contributed by atoms with E-state index in [1.54, 1.807) is 6.92 Å². The Morgan fingerprint density at radius 1 is 1.26 bits per heavy atom. The highest BCUT2D eigenvalue weighted by molar-refractivity contribution is 5.94. The van der Waals surface area contributed by atoms with Gasteiger partial charge >= 0.3 is 0 Å². The van der Waals surface area contributed by atoms with E-state index in [4.69, 9.17) is 0 Å². The molecule has 2 aliphatic heterocycles. The van der Waals surface area contributed by atoms with E-state index < -0.39 is 0 Å². The number of amides is 1. The lowest BCUT2D eigenvalue weighted by atomic mass is 9.86. The standard InChI is InChI=1S/C21H32N4O2/c1-5-9-25-10-8-21(7-6-20(25)27)16-24(12-11-23(21)4)15-19-13-18(17(2)26)14-22(19)3/h5,13-14H,1,6-12,15-16H2,2-4H3/t21-/m0/s1. The zero-order valence-electron chi connectivity index (χ0n) is 16.9. The largest absolute Gasteiger partial charge is 0.353 e. The topological polar surface area (TPSA) is 48.8 Å². The van der Waals surface area contributed by atoms with Gasteiger partial charge in [-0.15, -0.1) is 6.58 Å². The number of likely N-dealkylation sites (N-methyl/N-ethyl adjacent to an activating group) is 1. The SMILES string of the molecule is C=CCN1CC[C@@]2(CCC1=O)CN(Cc1cc(C(C)=O)cn1C)CCN2C. The highest BCUT2D eigenvalue weighted by Crippen LogP contribution is 2.32. The first-order valence-corrected chi connectivity index (χ1v) is 9.83. The number of likely N-dealkylation sites (tertiary alicyclic amines) is 1. The Bertz CT molecular complexity index is 726. The van der Waals surface area contributed by atoms with E-state index in [9.17, 15) is 9.59 Å². The number of hydrogen-bond acceptors (Lipinski definition) is 4. The Hall–Kier alpha value is -1.92. The number of rotatable bonds is 5. The van der Waals surface area contributed by atoms with E-state index >= 15 is 0 Å². The predicted molar refractivity (Wildman–Crippen MR) is 107 cm³/mol. The van der Waals surface area contributed by atoms with Gasteiger partial charge in [0.25, 0.3) is 0 Å².